The Morgan fingerprint density at radius 2 is 0.885 bits per heavy atom. The topological polar surface area (TPSA) is 419 Å². The SMILES string of the molecule is CCCCCCCCCCCCCCCCC(N)C(=O)N[C@H](C(=O)N[C@H](C(=O)N[C@@H](Cc1ccccc1)C(=O)N[C@@H](CCCN=C(N)N)C(=O)N[C@@H](CO)C(=O)N[C@@H](CO)C(=O)N[C@H](C)CCCN=C(N)N)C(C)C)[C@@H](C)O. The molecule has 0 aliphatic heterocycles. The molecule has 0 aliphatic carbocycles. The highest BCUT2D eigenvalue weighted by molar-refractivity contribution is 5.97. The standard InChI is InChI=1S/C54H98N14O10/c1-6-7-8-9-10-11-12-13-14-15-16-17-18-22-28-39(55)46(72)68-45(37(5)71)52(78)67-44(35(2)3)51(77)64-41(32-38-26-20-19-21-27-38)48(74)63-40(29-24-31-61-54(58)59)47(73)65-43(34-70)50(76)66-42(33-69)49(75)62-36(4)25-23-30-60-53(56)57/h19-21,26-27,35-37,39-45,69-71H,6-18,22-25,28-34,55H2,1-5H3,(H,62,75)(H,63,74)(H,64,77)(H,65,73)(H,66,76)(H,67,78)(H,68,72)(H4,56,57,60)(H4,58,59,61)/t36-,37-,39?,40+,41+,42+,43+,44+,45+/m1/s1. The zero-order valence-corrected chi connectivity index (χ0v) is 47.1. The lowest BCUT2D eigenvalue weighted by Crippen LogP contribution is -2.62. The van der Waals surface area contributed by atoms with Crippen LogP contribution in [0.25, 0.3) is 0 Å². The van der Waals surface area contributed by atoms with Crippen LogP contribution in [0.3, 0.4) is 0 Å². The molecule has 444 valence electrons. The van der Waals surface area contributed by atoms with Crippen LogP contribution in [-0.4, -0.2) is 149 Å². The third-order valence-electron chi connectivity index (χ3n) is 13.1. The maximum atomic E-state index is 14.3. The average Bonchev–Trinajstić information content (AvgIpc) is 3.39. The Morgan fingerprint density at radius 1 is 0.474 bits per heavy atom. The summed E-state index contributed by atoms with van der Waals surface area (Å²) in [4.78, 5) is 104. The summed E-state index contributed by atoms with van der Waals surface area (Å²) in [5.41, 5.74) is 28.5. The molecule has 0 bridgehead atoms. The molecule has 24 heteroatoms. The van der Waals surface area contributed by atoms with E-state index in [1.54, 1.807) is 51.1 Å². The Bertz CT molecular complexity index is 1970. The van der Waals surface area contributed by atoms with Gasteiger partial charge in [0, 0.05) is 25.6 Å². The lowest BCUT2D eigenvalue weighted by molar-refractivity contribution is -0.137. The maximum Gasteiger partial charge on any atom is 0.245 e. The molecule has 24 nitrogen and oxygen atoms in total. The lowest BCUT2D eigenvalue weighted by Gasteiger charge is -2.29. The molecule has 0 radical (unpaired) electrons. The first kappa shape index (κ1) is 69.9. The molecule has 0 aromatic heterocycles. The number of nitrogens with zero attached hydrogens (tertiary/aromatic N) is 2. The van der Waals surface area contributed by atoms with E-state index in [1.165, 1.54) is 71.1 Å². The minimum Gasteiger partial charge on any atom is -0.394 e. The third-order valence-corrected chi connectivity index (χ3v) is 13.1. The van der Waals surface area contributed by atoms with Crippen molar-refractivity contribution in [2.45, 2.75) is 217 Å². The second-order valence-corrected chi connectivity index (χ2v) is 20.6. The number of nitrogens with two attached hydrogens (primary N) is 5. The van der Waals surface area contributed by atoms with E-state index in [1.807, 2.05) is 0 Å². The van der Waals surface area contributed by atoms with E-state index in [2.05, 4.69) is 54.1 Å². The highest BCUT2D eigenvalue weighted by Crippen LogP contribution is 2.15. The van der Waals surface area contributed by atoms with E-state index < -0.39 is 115 Å². The van der Waals surface area contributed by atoms with Crippen LogP contribution in [0.2, 0.25) is 0 Å². The highest BCUT2D eigenvalue weighted by atomic mass is 16.3. The van der Waals surface area contributed by atoms with Crippen molar-refractivity contribution in [1.82, 2.24) is 37.2 Å². The van der Waals surface area contributed by atoms with E-state index in [0.717, 1.165) is 19.3 Å². The Hall–Kier alpha value is -6.11. The van der Waals surface area contributed by atoms with Gasteiger partial charge in [0.1, 0.15) is 36.3 Å². The molecule has 0 aliphatic rings. The summed E-state index contributed by atoms with van der Waals surface area (Å²) < 4.78 is 0. The van der Waals surface area contributed by atoms with Crippen molar-refractivity contribution in [3.05, 3.63) is 35.9 Å². The van der Waals surface area contributed by atoms with Crippen molar-refractivity contribution in [3.8, 4) is 0 Å². The van der Waals surface area contributed by atoms with Crippen molar-refractivity contribution in [2.24, 2.45) is 44.6 Å². The fraction of sp³-hybridized carbons (Fsp3) is 0.722. The van der Waals surface area contributed by atoms with Gasteiger partial charge in [-0.1, -0.05) is 141 Å². The van der Waals surface area contributed by atoms with E-state index >= 15 is 0 Å². The minimum absolute atomic E-state index is 0.0329. The molecular formula is C54H98N14O10. The summed E-state index contributed by atoms with van der Waals surface area (Å²) >= 11 is 0. The van der Waals surface area contributed by atoms with Crippen LogP contribution in [-0.2, 0) is 40.0 Å². The zero-order valence-electron chi connectivity index (χ0n) is 47.1. The van der Waals surface area contributed by atoms with E-state index in [9.17, 15) is 48.9 Å². The number of unbranched alkanes of at least 4 members (excludes halogenated alkanes) is 13. The van der Waals surface area contributed by atoms with Gasteiger partial charge < -0.3 is 81.2 Å². The van der Waals surface area contributed by atoms with Crippen molar-refractivity contribution in [1.29, 1.82) is 0 Å². The van der Waals surface area contributed by atoms with Crippen molar-refractivity contribution in [2.75, 3.05) is 26.3 Å². The third kappa shape index (κ3) is 30.7. The second-order valence-electron chi connectivity index (χ2n) is 20.6. The van der Waals surface area contributed by atoms with Crippen molar-refractivity contribution in [3.63, 3.8) is 0 Å². The van der Waals surface area contributed by atoms with Gasteiger partial charge in [-0.05, 0) is 57.4 Å². The van der Waals surface area contributed by atoms with Gasteiger partial charge in [-0.15, -0.1) is 0 Å². The number of nitrogens with one attached hydrogen (secondary N) is 7. The van der Waals surface area contributed by atoms with Gasteiger partial charge in [0.2, 0.25) is 41.4 Å². The van der Waals surface area contributed by atoms with Crippen LogP contribution in [0.1, 0.15) is 162 Å². The molecule has 0 saturated carbocycles. The van der Waals surface area contributed by atoms with Gasteiger partial charge >= 0.3 is 0 Å². The fourth-order valence-corrected chi connectivity index (χ4v) is 8.45. The van der Waals surface area contributed by atoms with Crippen molar-refractivity contribution >= 4 is 53.3 Å². The summed E-state index contributed by atoms with van der Waals surface area (Å²) in [6.45, 7) is 7.14. The molecule has 9 atom stereocenters. The number of rotatable bonds is 43. The number of aliphatic imine (C=N–C) groups is 2. The van der Waals surface area contributed by atoms with Gasteiger partial charge in [-0.25, -0.2) is 0 Å². The predicted octanol–water partition coefficient (Wildman–Crippen LogP) is -0.0301. The summed E-state index contributed by atoms with van der Waals surface area (Å²) in [6.07, 6.45) is 16.5. The van der Waals surface area contributed by atoms with E-state index in [-0.39, 0.29) is 37.7 Å². The average molecular weight is 1100 g/mol. The van der Waals surface area contributed by atoms with Gasteiger partial charge in [0.25, 0.3) is 0 Å². The van der Waals surface area contributed by atoms with Crippen LogP contribution in [0.4, 0.5) is 0 Å². The van der Waals surface area contributed by atoms with Crippen LogP contribution in [0.15, 0.2) is 40.3 Å². The van der Waals surface area contributed by atoms with Crippen LogP contribution in [0, 0.1) is 5.92 Å². The normalized spacial score (nSPS) is 14.6. The molecule has 0 saturated heterocycles. The molecule has 0 fully saturated rings. The Morgan fingerprint density at radius 3 is 1.36 bits per heavy atom. The number of hydrogen-bond donors (Lipinski definition) is 15. The van der Waals surface area contributed by atoms with Crippen LogP contribution >= 0.6 is 0 Å². The predicted molar refractivity (Wildman–Crippen MR) is 303 cm³/mol. The lowest BCUT2D eigenvalue weighted by atomic mass is 9.99. The number of carbonyl (C=O) groups excluding carboxylic acids is 7. The monoisotopic (exact) mass is 1100 g/mol. The summed E-state index contributed by atoms with van der Waals surface area (Å²) in [5, 5.41) is 48.8. The molecule has 1 unspecified atom stereocenters. The Labute approximate surface area is 462 Å². The molecule has 0 spiro atoms. The largest absolute Gasteiger partial charge is 0.394 e. The number of aliphatic hydroxyl groups is 3. The van der Waals surface area contributed by atoms with Crippen molar-refractivity contribution < 1.29 is 48.9 Å². The van der Waals surface area contributed by atoms with E-state index in [0.29, 0.717) is 37.8 Å². The maximum absolute atomic E-state index is 14.3. The van der Waals surface area contributed by atoms with E-state index in [4.69, 9.17) is 28.7 Å². The molecule has 78 heavy (non-hydrogen) atoms. The molecule has 20 N–H and O–H groups in total. The summed E-state index contributed by atoms with van der Waals surface area (Å²) in [6, 6.07) is -1.40. The minimum atomic E-state index is -1.66. The summed E-state index contributed by atoms with van der Waals surface area (Å²) in [5.74, 6) is -6.72. The molecule has 0 heterocycles. The molecular weight excluding hydrogens is 1000 g/mol. The van der Waals surface area contributed by atoms with Gasteiger partial charge in [-0.2, -0.15) is 0 Å². The first-order valence-electron chi connectivity index (χ1n) is 28.1. The molecule has 1 rings (SSSR count). The number of carbonyl (C=O) groups is 7. The van der Waals surface area contributed by atoms with Gasteiger partial charge in [0.05, 0.1) is 25.4 Å². The first-order chi connectivity index (χ1) is 37.1. The zero-order chi connectivity index (χ0) is 58.4. The quantitative estimate of drug-likeness (QED) is 0.0232. The number of hydrogen-bond acceptors (Lipinski definition) is 13. The Balaban J connectivity index is 3.13. The number of guanidine groups is 2. The molecule has 7 amide bonds. The number of aliphatic hydroxyl groups excluding tert-OH is 3. The first-order valence-corrected chi connectivity index (χ1v) is 28.1. The smallest absolute Gasteiger partial charge is 0.245 e. The van der Waals surface area contributed by atoms with Crippen LogP contribution in [0.5, 0.6) is 0 Å². The fourth-order valence-electron chi connectivity index (χ4n) is 8.45. The molecule has 1 aromatic rings. The van der Waals surface area contributed by atoms with Gasteiger partial charge in [0.15, 0.2) is 11.9 Å². The van der Waals surface area contributed by atoms with Crippen LogP contribution < -0.4 is 65.9 Å². The number of amides is 7. The highest BCUT2D eigenvalue weighted by Gasteiger charge is 2.36. The second kappa shape index (κ2) is 41.0. The summed E-state index contributed by atoms with van der Waals surface area (Å²) in [7, 11) is 0. The number of benzene rings is 1. The van der Waals surface area contributed by atoms with Gasteiger partial charge in [-0.3, -0.25) is 43.5 Å². The molecule has 1 aromatic carbocycles. The Kier molecular flexibility index (Phi) is 36.8.